The summed E-state index contributed by atoms with van der Waals surface area (Å²) in [6.07, 6.45) is 2.52. The van der Waals surface area contributed by atoms with Crippen LogP contribution >= 0.6 is 23.2 Å². The summed E-state index contributed by atoms with van der Waals surface area (Å²) in [5.41, 5.74) is 1.38. The van der Waals surface area contributed by atoms with Gasteiger partial charge in [-0.15, -0.1) is 0 Å². The molecule has 8 heteroatoms. The van der Waals surface area contributed by atoms with E-state index in [2.05, 4.69) is 10.6 Å². The lowest BCUT2D eigenvalue weighted by atomic mass is 10.1. The van der Waals surface area contributed by atoms with Gasteiger partial charge in [-0.05, 0) is 61.1 Å². The van der Waals surface area contributed by atoms with Crippen LogP contribution in [0.25, 0.3) is 0 Å². The Bertz CT molecular complexity index is 926. The van der Waals surface area contributed by atoms with E-state index in [1.807, 2.05) is 12.1 Å². The van der Waals surface area contributed by atoms with E-state index in [1.165, 1.54) is 12.1 Å². The van der Waals surface area contributed by atoms with Crippen LogP contribution in [0.1, 0.15) is 18.4 Å². The summed E-state index contributed by atoms with van der Waals surface area (Å²) in [5, 5.41) is 6.39. The van der Waals surface area contributed by atoms with Gasteiger partial charge in [0, 0.05) is 12.2 Å². The van der Waals surface area contributed by atoms with Crippen LogP contribution in [0.2, 0.25) is 10.0 Å². The zero-order valence-corrected chi connectivity index (χ0v) is 16.9. The van der Waals surface area contributed by atoms with Crippen molar-refractivity contribution in [3.8, 4) is 0 Å². The lowest BCUT2D eigenvalue weighted by Gasteiger charge is -2.10. The average molecular weight is 427 g/mol. The van der Waals surface area contributed by atoms with Gasteiger partial charge in [-0.3, -0.25) is 0 Å². The van der Waals surface area contributed by atoms with Gasteiger partial charge in [0.25, 0.3) is 0 Å². The lowest BCUT2D eigenvalue weighted by Crippen LogP contribution is -2.30. The molecular weight excluding hydrogens is 407 g/mol. The molecule has 2 aromatic carbocycles. The number of hydrogen-bond donors (Lipinski definition) is 2. The van der Waals surface area contributed by atoms with Crippen molar-refractivity contribution in [2.45, 2.75) is 24.2 Å². The van der Waals surface area contributed by atoms with Crippen LogP contribution in [-0.4, -0.2) is 26.7 Å². The lowest BCUT2D eigenvalue weighted by molar-refractivity contribution is 0.252. The summed E-state index contributed by atoms with van der Waals surface area (Å²) in [6, 6.07) is 11.2. The van der Waals surface area contributed by atoms with Crippen molar-refractivity contribution >= 4 is 44.8 Å². The van der Waals surface area contributed by atoms with E-state index < -0.39 is 9.84 Å². The molecule has 1 saturated carbocycles. The fraction of sp³-hybridized carbons (Fsp3) is 0.316. The number of anilines is 1. The fourth-order valence-corrected chi connectivity index (χ4v) is 4.78. The molecule has 0 atom stereocenters. The van der Waals surface area contributed by atoms with Crippen LogP contribution in [0.3, 0.4) is 0 Å². The van der Waals surface area contributed by atoms with Crippen LogP contribution in [0, 0.1) is 5.92 Å². The smallest absolute Gasteiger partial charge is 0.319 e. The van der Waals surface area contributed by atoms with Crippen molar-refractivity contribution in [1.82, 2.24) is 5.32 Å². The quantitative estimate of drug-likeness (QED) is 0.681. The molecule has 0 heterocycles. The molecule has 0 unspecified atom stereocenters. The summed E-state index contributed by atoms with van der Waals surface area (Å²) in [5.74, 6) is 0.498. The number of carbonyl (C=O) groups is 1. The van der Waals surface area contributed by atoms with E-state index in [0.717, 1.165) is 18.4 Å². The summed E-state index contributed by atoms with van der Waals surface area (Å²) in [7, 11) is -3.25. The van der Waals surface area contributed by atoms with Crippen LogP contribution in [0.15, 0.2) is 47.4 Å². The molecule has 2 amide bonds. The van der Waals surface area contributed by atoms with Crippen molar-refractivity contribution in [2.75, 3.05) is 17.6 Å². The normalized spacial score (nSPS) is 14.0. The Balaban J connectivity index is 1.49. The topological polar surface area (TPSA) is 75.3 Å². The van der Waals surface area contributed by atoms with E-state index in [0.29, 0.717) is 34.6 Å². The molecule has 3 rings (SSSR count). The first-order valence-corrected chi connectivity index (χ1v) is 11.1. The third-order valence-corrected chi connectivity index (χ3v) is 7.09. The number of carbonyl (C=O) groups excluding carboxylic acids is 1. The van der Waals surface area contributed by atoms with E-state index in [9.17, 15) is 13.2 Å². The number of nitrogens with one attached hydrogen (secondary N) is 2. The van der Waals surface area contributed by atoms with Gasteiger partial charge in [-0.1, -0.05) is 35.3 Å². The molecule has 0 radical (unpaired) electrons. The van der Waals surface area contributed by atoms with Crippen molar-refractivity contribution in [1.29, 1.82) is 0 Å². The van der Waals surface area contributed by atoms with Gasteiger partial charge in [0.05, 0.1) is 20.7 Å². The van der Waals surface area contributed by atoms with E-state index in [1.54, 1.807) is 18.2 Å². The maximum atomic E-state index is 12.2. The third-order valence-electron chi connectivity index (χ3n) is 4.33. The first kappa shape index (κ1) is 20.0. The first-order valence-electron chi connectivity index (χ1n) is 8.66. The summed E-state index contributed by atoms with van der Waals surface area (Å²) in [4.78, 5) is 12.3. The first-order chi connectivity index (χ1) is 12.8. The molecule has 0 saturated heterocycles. The number of benzene rings is 2. The maximum Gasteiger partial charge on any atom is 0.319 e. The van der Waals surface area contributed by atoms with Crippen molar-refractivity contribution in [2.24, 2.45) is 5.92 Å². The second-order valence-corrected chi connectivity index (χ2v) is 9.41. The van der Waals surface area contributed by atoms with Crippen LogP contribution in [0.4, 0.5) is 10.5 Å². The number of halogens is 2. The molecule has 0 aromatic heterocycles. The molecule has 144 valence electrons. The maximum absolute atomic E-state index is 12.2. The Morgan fingerprint density at radius 3 is 2.44 bits per heavy atom. The molecular formula is C19H20Cl2N2O3S. The van der Waals surface area contributed by atoms with Gasteiger partial charge in [0.15, 0.2) is 9.84 Å². The van der Waals surface area contributed by atoms with Gasteiger partial charge in [-0.2, -0.15) is 0 Å². The number of hydrogen-bond acceptors (Lipinski definition) is 3. The van der Waals surface area contributed by atoms with Crippen LogP contribution < -0.4 is 10.6 Å². The fourth-order valence-electron chi connectivity index (χ4n) is 2.66. The highest BCUT2D eigenvalue weighted by Gasteiger charge is 2.28. The largest absolute Gasteiger partial charge is 0.338 e. The Morgan fingerprint density at radius 1 is 1.07 bits per heavy atom. The zero-order chi connectivity index (χ0) is 19.4. The van der Waals surface area contributed by atoms with Crippen LogP contribution in [-0.2, 0) is 16.3 Å². The Labute approximate surface area is 169 Å². The molecule has 0 spiro atoms. The Morgan fingerprint density at radius 2 is 1.78 bits per heavy atom. The molecule has 2 aromatic rings. The second kappa shape index (κ2) is 8.50. The highest BCUT2D eigenvalue weighted by atomic mass is 35.5. The molecule has 5 nitrogen and oxygen atoms in total. The van der Waals surface area contributed by atoms with Crippen molar-refractivity contribution in [3.05, 3.63) is 58.1 Å². The van der Waals surface area contributed by atoms with E-state index in [4.69, 9.17) is 23.2 Å². The van der Waals surface area contributed by atoms with E-state index >= 15 is 0 Å². The van der Waals surface area contributed by atoms with Crippen molar-refractivity contribution < 1.29 is 13.2 Å². The van der Waals surface area contributed by atoms with Crippen LogP contribution in [0.5, 0.6) is 0 Å². The molecule has 2 N–H and O–H groups in total. The molecule has 0 bridgehead atoms. The highest BCUT2D eigenvalue weighted by molar-refractivity contribution is 7.91. The molecule has 1 aliphatic rings. The number of sulfone groups is 1. The monoisotopic (exact) mass is 426 g/mol. The third kappa shape index (κ3) is 5.61. The minimum Gasteiger partial charge on any atom is -0.338 e. The van der Waals surface area contributed by atoms with Gasteiger partial charge in [-0.25, -0.2) is 13.2 Å². The minimum atomic E-state index is -3.25. The van der Waals surface area contributed by atoms with Gasteiger partial charge in [0.1, 0.15) is 0 Å². The predicted octanol–water partition coefficient (Wildman–Crippen LogP) is 4.54. The molecule has 27 heavy (non-hydrogen) atoms. The second-order valence-electron chi connectivity index (χ2n) is 6.59. The Hall–Kier alpha value is -1.76. The average Bonchev–Trinajstić information content (AvgIpc) is 3.42. The van der Waals surface area contributed by atoms with Crippen molar-refractivity contribution in [3.63, 3.8) is 0 Å². The Kier molecular flexibility index (Phi) is 6.29. The SMILES string of the molecule is O=C(NCCc1cccc(Cl)c1Cl)Nc1ccc(S(=O)(=O)CC2CC2)cc1. The van der Waals surface area contributed by atoms with E-state index in [-0.39, 0.29) is 16.7 Å². The number of rotatable bonds is 7. The van der Waals surface area contributed by atoms with Gasteiger partial charge >= 0.3 is 6.03 Å². The molecule has 1 fully saturated rings. The summed E-state index contributed by atoms with van der Waals surface area (Å²) >= 11 is 12.1. The zero-order valence-electron chi connectivity index (χ0n) is 14.5. The number of amides is 2. The van der Waals surface area contributed by atoms with Gasteiger partial charge in [0.2, 0.25) is 0 Å². The minimum absolute atomic E-state index is 0.201. The summed E-state index contributed by atoms with van der Waals surface area (Å²) in [6.45, 7) is 0.389. The standard InChI is InChI=1S/C19H20Cl2N2O3S/c20-17-3-1-2-14(18(17)21)10-11-22-19(24)23-15-6-8-16(9-7-15)27(25,26)12-13-4-5-13/h1-3,6-9,13H,4-5,10-12H2,(H2,22,23,24). The predicted molar refractivity (Wildman–Crippen MR) is 108 cm³/mol. The number of urea groups is 1. The molecule has 0 aliphatic heterocycles. The summed E-state index contributed by atoms with van der Waals surface area (Å²) < 4.78 is 24.4. The highest BCUT2D eigenvalue weighted by Crippen LogP contribution is 2.32. The molecule has 1 aliphatic carbocycles. The van der Waals surface area contributed by atoms with Gasteiger partial charge < -0.3 is 10.6 Å².